The molecule has 19 heavy (non-hydrogen) atoms. The minimum absolute atomic E-state index is 0.104. The molecule has 0 bridgehead atoms. The van der Waals surface area contributed by atoms with Gasteiger partial charge in [-0.15, -0.1) is 0 Å². The van der Waals surface area contributed by atoms with Gasteiger partial charge in [0, 0.05) is 18.9 Å². The number of hydrogen-bond acceptors (Lipinski definition) is 3. The van der Waals surface area contributed by atoms with E-state index in [1.54, 1.807) is 18.5 Å². The normalized spacial score (nSPS) is 9.89. The molecule has 0 aliphatic carbocycles. The van der Waals surface area contributed by atoms with Gasteiger partial charge in [0.2, 0.25) is 0 Å². The van der Waals surface area contributed by atoms with Gasteiger partial charge >= 0.3 is 0 Å². The summed E-state index contributed by atoms with van der Waals surface area (Å²) in [4.78, 5) is 16.0. The third-order valence-electron chi connectivity index (χ3n) is 2.63. The van der Waals surface area contributed by atoms with Crippen LogP contribution in [-0.2, 0) is 0 Å². The average Bonchev–Trinajstić information content (AvgIpc) is 2.41. The maximum Gasteiger partial charge on any atom is 0.252 e. The van der Waals surface area contributed by atoms with Crippen molar-refractivity contribution in [2.45, 2.75) is 26.7 Å². The Labute approximate surface area is 114 Å². The summed E-state index contributed by atoms with van der Waals surface area (Å²) in [6.07, 6.45) is 5.27. The van der Waals surface area contributed by atoms with Crippen molar-refractivity contribution in [3.8, 4) is 11.8 Å². The smallest absolute Gasteiger partial charge is 0.252 e. The predicted octanol–water partition coefficient (Wildman–Crippen LogP) is 1.56. The van der Waals surface area contributed by atoms with Crippen LogP contribution in [0, 0.1) is 17.8 Å². The number of amides is 1. The van der Waals surface area contributed by atoms with Gasteiger partial charge in [0.25, 0.3) is 5.91 Å². The topological polar surface area (TPSA) is 68.0 Å². The molecule has 1 rings (SSSR count). The Bertz CT molecular complexity index is 472. The standard InChI is InChI=1S/C15H21N3O/c1-12(2)5-4-9-18-15(19)14-7-10-17-11-13(14)6-3-8-16/h7,10-12H,4-5,8-9,16H2,1-2H3,(H,18,19). The molecule has 0 fully saturated rings. The Morgan fingerprint density at radius 3 is 3.00 bits per heavy atom. The molecular formula is C15H21N3O. The highest BCUT2D eigenvalue weighted by Gasteiger charge is 2.09. The summed E-state index contributed by atoms with van der Waals surface area (Å²) in [7, 11) is 0. The molecule has 1 aromatic heterocycles. The number of nitrogens with one attached hydrogen (secondary N) is 1. The molecule has 1 aromatic rings. The minimum atomic E-state index is -0.104. The first-order chi connectivity index (χ1) is 9.15. The Morgan fingerprint density at radius 1 is 1.53 bits per heavy atom. The van der Waals surface area contributed by atoms with E-state index in [-0.39, 0.29) is 12.5 Å². The third kappa shape index (κ3) is 5.54. The molecule has 1 heterocycles. The summed E-state index contributed by atoms with van der Waals surface area (Å²) in [5, 5.41) is 2.91. The number of carbonyl (C=O) groups is 1. The summed E-state index contributed by atoms with van der Waals surface area (Å²) in [5.41, 5.74) is 6.51. The highest BCUT2D eigenvalue weighted by atomic mass is 16.1. The molecule has 0 radical (unpaired) electrons. The van der Waals surface area contributed by atoms with Crippen molar-refractivity contribution < 1.29 is 4.79 Å². The van der Waals surface area contributed by atoms with Crippen molar-refractivity contribution in [1.29, 1.82) is 0 Å². The summed E-state index contributed by atoms with van der Waals surface area (Å²) in [6, 6.07) is 1.68. The van der Waals surface area contributed by atoms with Crippen LogP contribution in [0.4, 0.5) is 0 Å². The summed E-state index contributed by atoms with van der Waals surface area (Å²) < 4.78 is 0. The molecule has 0 saturated carbocycles. The zero-order valence-corrected chi connectivity index (χ0v) is 11.6. The third-order valence-corrected chi connectivity index (χ3v) is 2.63. The molecule has 0 atom stereocenters. The maximum atomic E-state index is 12.0. The highest BCUT2D eigenvalue weighted by molar-refractivity contribution is 5.96. The van der Waals surface area contributed by atoms with Crippen LogP contribution in [0.15, 0.2) is 18.5 Å². The number of pyridine rings is 1. The van der Waals surface area contributed by atoms with Gasteiger partial charge in [-0.25, -0.2) is 0 Å². The van der Waals surface area contributed by atoms with Crippen LogP contribution in [-0.4, -0.2) is 24.0 Å². The molecule has 0 aliphatic rings. The van der Waals surface area contributed by atoms with E-state index in [1.807, 2.05) is 0 Å². The van der Waals surface area contributed by atoms with E-state index < -0.39 is 0 Å². The number of carbonyl (C=O) groups excluding carboxylic acids is 1. The van der Waals surface area contributed by atoms with Crippen molar-refractivity contribution in [2.24, 2.45) is 11.7 Å². The van der Waals surface area contributed by atoms with Crippen LogP contribution in [0.25, 0.3) is 0 Å². The first-order valence-electron chi connectivity index (χ1n) is 6.56. The maximum absolute atomic E-state index is 12.0. The second-order valence-corrected chi connectivity index (χ2v) is 4.72. The molecule has 0 aromatic carbocycles. The van der Waals surface area contributed by atoms with E-state index in [2.05, 4.69) is 36.0 Å². The zero-order chi connectivity index (χ0) is 14.1. The van der Waals surface area contributed by atoms with Crippen LogP contribution in [0.1, 0.15) is 42.6 Å². The van der Waals surface area contributed by atoms with Crippen molar-refractivity contribution in [2.75, 3.05) is 13.1 Å². The fraction of sp³-hybridized carbons (Fsp3) is 0.467. The molecular weight excluding hydrogens is 238 g/mol. The fourth-order valence-electron chi connectivity index (χ4n) is 1.65. The lowest BCUT2D eigenvalue weighted by Gasteiger charge is -2.07. The molecule has 0 saturated heterocycles. The van der Waals surface area contributed by atoms with Gasteiger partial charge < -0.3 is 11.1 Å². The molecule has 1 amide bonds. The van der Waals surface area contributed by atoms with Gasteiger partial charge in [-0.05, 0) is 24.8 Å². The van der Waals surface area contributed by atoms with Crippen molar-refractivity contribution in [3.05, 3.63) is 29.6 Å². The fourth-order valence-corrected chi connectivity index (χ4v) is 1.65. The Kier molecular flexibility index (Phi) is 6.62. The molecule has 0 spiro atoms. The first kappa shape index (κ1) is 15.2. The molecule has 3 N–H and O–H groups in total. The predicted molar refractivity (Wildman–Crippen MR) is 76.6 cm³/mol. The van der Waals surface area contributed by atoms with E-state index in [9.17, 15) is 4.79 Å². The van der Waals surface area contributed by atoms with Crippen molar-refractivity contribution in [3.63, 3.8) is 0 Å². The van der Waals surface area contributed by atoms with Gasteiger partial charge in [-0.2, -0.15) is 0 Å². The van der Waals surface area contributed by atoms with E-state index >= 15 is 0 Å². The monoisotopic (exact) mass is 259 g/mol. The van der Waals surface area contributed by atoms with Crippen LogP contribution in [0.3, 0.4) is 0 Å². The Balaban J connectivity index is 2.61. The molecule has 4 nitrogen and oxygen atoms in total. The summed E-state index contributed by atoms with van der Waals surface area (Å²) in [6.45, 7) is 5.30. The summed E-state index contributed by atoms with van der Waals surface area (Å²) >= 11 is 0. The van der Waals surface area contributed by atoms with Gasteiger partial charge in [-0.1, -0.05) is 25.7 Å². The van der Waals surface area contributed by atoms with Crippen LogP contribution in [0.5, 0.6) is 0 Å². The highest BCUT2D eigenvalue weighted by Crippen LogP contribution is 2.06. The van der Waals surface area contributed by atoms with Gasteiger partial charge in [-0.3, -0.25) is 9.78 Å². The van der Waals surface area contributed by atoms with Crippen molar-refractivity contribution in [1.82, 2.24) is 10.3 Å². The quantitative estimate of drug-likeness (QED) is 0.623. The van der Waals surface area contributed by atoms with E-state index in [4.69, 9.17) is 5.73 Å². The first-order valence-corrected chi connectivity index (χ1v) is 6.56. The minimum Gasteiger partial charge on any atom is -0.352 e. The van der Waals surface area contributed by atoms with E-state index in [1.165, 1.54) is 0 Å². The van der Waals surface area contributed by atoms with Gasteiger partial charge in [0.15, 0.2) is 0 Å². The number of nitrogens with zero attached hydrogens (tertiary/aromatic N) is 1. The zero-order valence-electron chi connectivity index (χ0n) is 11.6. The Morgan fingerprint density at radius 2 is 2.32 bits per heavy atom. The lowest BCUT2D eigenvalue weighted by Crippen LogP contribution is -2.25. The van der Waals surface area contributed by atoms with E-state index in [0.717, 1.165) is 12.8 Å². The van der Waals surface area contributed by atoms with Crippen molar-refractivity contribution >= 4 is 5.91 Å². The number of nitrogens with two attached hydrogens (primary N) is 1. The lowest BCUT2D eigenvalue weighted by molar-refractivity contribution is 0.0952. The number of aromatic nitrogens is 1. The number of rotatable bonds is 5. The van der Waals surface area contributed by atoms with Gasteiger partial charge in [0.1, 0.15) is 0 Å². The lowest BCUT2D eigenvalue weighted by atomic mass is 10.1. The molecule has 0 aliphatic heterocycles. The largest absolute Gasteiger partial charge is 0.352 e. The van der Waals surface area contributed by atoms with Crippen LogP contribution < -0.4 is 11.1 Å². The molecule has 102 valence electrons. The van der Waals surface area contributed by atoms with Crippen LogP contribution in [0.2, 0.25) is 0 Å². The second-order valence-electron chi connectivity index (χ2n) is 4.72. The SMILES string of the molecule is CC(C)CCCNC(=O)c1ccncc1C#CCN. The Hall–Kier alpha value is -1.86. The van der Waals surface area contributed by atoms with Crippen LogP contribution >= 0.6 is 0 Å². The summed E-state index contributed by atoms with van der Waals surface area (Å²) in [5.74, 6) is 6.16. The van der Waals surface area contributed by atoms with E-state index in [0.29, 0.717) is 23.6 Å². The second kappa shape index (κ2) is 8.28. The average molecular weight is 259 g/mol. The van der Waals surface area contributed by atoms with Gasteiger partial charge in [0.05, 0.1) is 17.7 Å². The number of hydrogen-bond donors (Lipinski definition) is 2. The molecule has 4 heteroatoms. The molecule has 0 unspecified atom stereocenters.